The van der Waals surface area contributed by atoms with E-state index in [-0.39, 0.29) is 29.1 Å². The molecule has 5 heteroatoms. The Balaban J connectivity index is 1.75. The summed E-state index contributed by atoms with van der Waals surface area (Å²) in [6.07, 6.45) is 2.19. The summed E-state index contributed by atoms with van der Waals surface area (Å²) in [5.41, 5.74) is 3.39. The summed E-state index contributed by atoms with van der Waals surface area (Å²) in [5.74, 6) is 0.258. The first kappa shape index (κ1) is 19.6. The van der Waals surface area contributed by atoms with E-state index in [1.54, 1.807) is 0 Å². The molecular formula is C22H30N2O3. The third-order valence-electron chi connectivity index (χ3n) is 5.83. The van der Waals surface area contributed by atoms with Crippen molar-refractivity contribution in [2.75, 3.05) is 31.6 Å². The van der Waals surface area contributed by atoms with Crippen molar-refractivity contribution in [1.29, 1.82) is 0 Å². The van der Waals surface area contributed by atoms with Crippen molar-refractivity contribution in [3.05, 3.63) is 41.0 Å². The third-order valence-corrected chi connectivity index (χ3v) is 5.83. The minimum Gasteiger partial charge on any atom is -0.378 e. The first-order valence-electron chi connectivity index (χ1n) is 9.66. The van der Waals surface area contributed by atoms with E-state index in [2.05, 4.69) is 39.1 Å². The van der Waals surface area contributed by atoms with Crippen LogP contribution in [0.2, 0.25) is 0 Å². The number of hydrogen-bond acceptors (Lipinski definition) is 3. The van der Waals surface area contributed by atoms with E-state index in [4.69, 9.17) is 4.74 Å². The number of rotatable bonds is 4. The number of carbonyl (C=O) groups is 2. The molecule has 1 aliphatic carbocycles. The largest absolute Gasteiger partial charge is 0.378 e. The fourth-order valence-electron chi connectivity index (χ4n) is 4.00. The molecule has 1 aromatic carbocycles. The predicted octanol–water partition coefficient (Wildman–Crippen LogP) is 3.64. The highest BCUT2D eigenvalue weighted by molar-refractivity contribution is 6.00. The van der Waals surface area contributed by atoms with E-state index in [9.17, 15) is 9.59 Å². The lowest BCUT2D eigenvalue weighted by Crippen LogP contribution is -2.41. The number of morpholine rings is 1. The topological polar surface area (TPSA) is 58.6 Å². The van der Waals surface area contributed by atoms with Gasteiger partial charge < -0.3 is 15.0 Å². The van der Waals surface area contributed by atoms with Crippen LogP contribution in [0.1, 0.15) is 43.6 Å². The number of benzene rings is 1. The standard InChI is InChI=1S/C22H30N2O3/c1-14(2)13-17-19(22(17,4)5)20(25)23-18-8-6-7-16(15(18)3)21(26)24-9-11-27-12-10-24/h6-8,13,17,19H,9-12H2,1-5H3,(H,23,25)/t17-,19+/m1/s1. The number of nitrogens with zero attached hydrogens (tertiary/aromatic N) is 1. The maximum atomic E-state index is 12.9. The predicted molar refractivity (Wildman–Crippen MR) is 107 cm³/mol. The lowest BCUT2D eigenvalue weighted by Gasteiger charge is -2.27. The molecule has 1 N–H and O–H groups in total. The lowest BCUT2D eigenvalue weighted by molar-refractivity contribution is -0.118. The summed E-state index contributed by atoms with van der Waals surface area (Å²) in [6.45, 7) is 12.6. The summed E-state index contributed by atoms with van der Waals surface area (Å²) in [4.78, 5) is 27.5. The molecule has 5 nitrogen and oxygen atoms in total. The van der Waals surface area contributed by atoms with Crippen LogP contribution >= 0.6 is 0 Å². The molecule has 1 aromatic rings. The Hall–Kier alpha value is -2.14. The second kappa shape index (κ2) is 7.47. The van der Waals surface area contributed by atoms with Gasteiger partial charge in [0.15, 0.2) is 0 Å². The minimum atomic E-state index is -0.0367. The van der Waals surface area contributed by atoms with Crippen LogP contribution in [0, 0.1) is 24.2 Å². The SMILES string of the molecule is CC(C)=C[C@@H]1[C@@H](C(=O)Nc2cccc(C(=O)N3CCOCC3)c2C)C1(C)C. The quantitative estimate of drug-likeness (QED) is 0.823. The number of carbonyl (C=O) groups excluding carboxylic acids is 2. The number of anilines is 1. The third kappa shape index (κ3) is 3.93. The van der Waals surface area contributed by atoms with Gasteiger partial charge in [0, 0.05) is 24.3 Å². The normalized spacial score (nSPS) is 23.5. The number of amides is 2. The molecule has 0 radical (unpaired) electrons. The zero-order chi connectivity index (χ0) is 19.8. The molecule has 1 heterocycles. The number of ether oxygens (including phenoxy) is 1. The summed E-state index contributed by atoms with van der Waals surface area (Å²) in [6, 6.07) is 5.53. The Morgan fingerprint density at radius 3 is 2.52 bits per heavy atom. The van der Waals surface area contributed by atoms with Gasteiger partial charge in [0.25, 0.3) is 5.91 Å². The van der Waals surface area contributed by atoms with Gasteiger partial charge in [-0.2, -0.15) is 0 Å². The van der Waals surface area contributed by atoms with Gasteiger partial charge in [0.2, 0.25) is 5.91 Å². The molecule has 1 saturated carbocycles. The van der Waals surface area contributed by atoms with E-state index >= 15 is 0 Å². The van der Waals surface area contributed by atoms with Crippen LogP contribution < -0.4 is 5.32 Å². The second-order valence-electron chi connectivity index (χ2n) is 8.44. The summed E-state index contributed by atoms with van der Waals surface area (Å²) < 4.78 is 5.33. The monoisotopic (exact) mass is 370 g/mol. The van der Waals surface area contributed by atoms with Crippen molar-refractivity contribution in [3.8, 4) is 0 Å². The van der Waals surface area contributed by atoms with E-state index in [0.717, 1.165) is 11.3 Å². The summed E-state index contributed by atoms with van der Waals surface area (Å²) >= 11 is 0. The molecule has 0 unspecified atom stereocenters. The first-order chi connectivity index (χ1) is 12.7. The smallest absolute Gasteiger partial charge is 0.254 e. The van der Waals surface area contributed by atoms with Gasteiger partial charge in [0.1, 0.15) is 0 Å². The molecule has 0 aromatic heterocycles. The highest BCUT2D eigenvalue weighted by Gasteiger charge is 2.60. The highest BCUT2D eigenvalue weighted by Crippen LogP contribution is 2.59. The molecule has 1 aliphatic heterocycles. The van der Waals surface area contributed by atoms with Crippen molar-refractivity contribution in [2.24, 2.45) is 17.3 Å². The van der Waals surface area contributed by atoms with Gasteiger partial charge in [-0.1, -0.05) is 31.6 Å². The molecule has 2 atom stereocenters. The van der Waals surface area contributed by atoms with Crippen LogP contribution in [0.25, 0.3) is 0 Å². The number of nitrogens with one attached hydrogen (secondary N) is 1. The molecule has 1 saturated heterocycles. The zero-order valence-electron chi connectivity index (χ0n) is 17.0. The van der Waals surface area contributed by atoms with Crippen LogP contribution in [-0.2, 0) is 9.53 Å². The highest BCUT2D eigenvalue weighted by atomic mass is 16.5. The molecule has 0 spiro atoms. The molecular weight excluding hydrogens is 340 g/mol. The lowest BCUT2D eigenvalue weighted by atomic mass is 10.0. The average molecular weight is 370 g/mol. The molecule has 27 heavy (non-hydrogen) atoms. The first-order valence-corrected chi connectivity index (χ1v) is 9.66. The number of allylic oxidation sites excluding steroid dienone is 2. The van der Waals surface area contributed by atoms with Crippen molar-refractivity contribution in [3.63, 3.8) is 0 Å². The Morgan fingerprint density at radius 1 is 1.22 bits per heavy atom. The van der Waals surface area contributed by atoms with Gasteiger partial charge in [-0.3, -0.25) is 9.59 Å². The Morgan fingerprint density at radius 2 is 1.89 bits per heavy atom. The van der Waals surface area contributed by atoms with E-state index < -0.39 is 0 Å². The van der Waals surface area contributed by atoms with E-state index in [0.29, 0.717) is 31.9 Å². The van der Waals surface area contributed by atoms with E-state index in [1.807, 2.05) is 30.0 Å². The molecule has 2 fully saturated rings. The molecule has 0 bridgehead atoms. The van der Waals surface area contributed by atoms with Gasteiger partial charge in [-0.25, -0.2) is 0 Å². The van der Waals surface area contributed by atoms with Crippen molar-refractivity contribution >= 4 is 17.5 Å². The fraction of sp³-hybridized carbons (Fsp3) is 0.545. The Bertz CT molecular complexity index is 772. The zero-order valence-corrected chi connectivity index (χ0v) is 17.0. The van der Waals surface area contributed by atoms with Crippen LogP contribution in [-0.4, -0.2) is 43.0 Å². The van der Waals surface area contributed by atoms with Crippen molar-refractivity contribution < 1.29 is 14.3 Å². The molecule has 146 valence electrons. The Kier molecular flexibility index (Phi) is 5.43. The maximum absolute atomic E-state index is 12.9. The number of hydrogen-bond donors (Lipinski definition) is 1. The second-order valence-corrected chi connectivity index (χ2v) is 8.44. The van der Waals surface area contributed by atoms with Gasteiger partial charge in [-0.15, -0.1) is 0 Å². The van der Waals surface area contributed by atoms with Crippen LogP contribution in [0.3, 0.4) is 0 Å². The minimum absolute atomic E-state index is 0.000989. The van der Waals surface area contributed by atoms with Crippen molar-refractivity contribution in [1.82, 2.24) is 4.90 Å². The fourth-order valence-corrected chi connectivity index (χ4v) is 4.00. The van der Waals surface area contributed by atoms with Gasteiger partial charge in [0.05, 0.1) is 19.1 Å². The van der Waals surface area contributed by atoms with E-state index in [1.165, 1.54) is 5.57 Å². The molecule has 3 rings (SSSR count). The molecule has 2 amide bonds. The van der Waals surface area contributed by atoms with Gasteiger partial charge in [-0.05, 0) is 49.8 Å². The van der Waals surface area contributed by atoms with Crippen LogP contribution in [0.5, 0.6) is 0 Å². The Labute approximate surface area is 161 Å². The summed E-state index contributed by atoms with van der Waals surface area (Å²) in [5, 5.41) is 3.07. The summed E-state index contributed by atoms with van der Waals surface area (Å²) in [7, 11) is 0. The maximum Gasteiger partial charge on any atom is 0.254 e. The average Bonchev–Trinajstić information content (AvgIpc) is 3.16. The van der Waals surface area contributed by atoms with Crippen LogP contribution in [0.15, 0.2) is 29.8 Å². The van der Waals surface area contributed by atoms with Crippen molar-refractivity contribution in [2.45, 2.75) is 34.6 Å². The van der Waals surface area contributed by atoms with Gasteiger partial charge >= 0.3 is 0 Å². The van der Waals surface area contributed by atoms with Crippen LogP contribution in [0.4, 0.5) is 5.69 Å². The molecule has 2 aliphatic rings.